The molecular weight excluding hydrogens is 401 g/mol. The maximum Gasteiger partial charge on any atom is 0.328 e. The zero-order chi connectivity index (χ0) is 19.5. The Morgan fingerprint density at radius 1 is 1.25 bits per heavy atom. The summed E-state index contributed by atoms with van der Waals surface area (Å²) in [4.78, 5) is 27.9. The van der Waals surface area contributed by atoms with Crippen LogP contribution in [0, 0.1) is 0 Å². The van der Waals surface area contributed by atoms with E-state index in [1.165, 1.54) is 4.57 Å². The maximum atomic E-state index is 12.4. The molecule has 0 saturated carbocycles. The standard InChI is InChI=1S/C18H17Cl2N7O/c19-13-2-3-14(20)12(8-13)10-27-16-15(24-18(27)28)9-23-17(25-16)22-4-1-6-26-7-5-21-11-26/h2-3,5,7-9,11H,1,4,6,10H2,(H,24,28)(H,22,23,25). The maximum absolute atomic E-state index is 12.4. The summed E-state index contributed by atoms with van der Waals surface area (Å²) in [6.07, 6.45) is 7.93. The predicted molar refractivity (Wildman–Crippen MR) is 109 cm³/mol. The van der Waals surface area contributed by atoms with Crippen molar-refractivity contribution in [2.75, 3.05) is 11.9 Å². The third-order valence-corrected chi connectivity index (χ3v) is 4.89. The van der Waals surface area contributed by atoms with Gasteiger partial charge in [-0.3, -0.25) is 4.57 Å². The number of anilines is 1. The molecule has 4 aromatic rings. The van der Waals surface area contributed by atoms with Crippen molar-refractivity contribution in [3.8, 4) is 0 Å². The highest BCUT2D eigenvalue weighted by molar-refractivity contribution is 6.33. The molecule has 0 aliphatic rings. The second kappa shape index (κ2) is 8.04. The van der Waals surface area contributed by atoms with E-state index in [9.17, 15) is 4.79 Å². The number of hydrogen-bond acceptors (Lipinski definition) is 5. The van der Waals surface area contributed by atoms with Crippen LogP contribution in [0.25, 0.3) is 11.2 Å². The summed E-state index contributed by atoms with van der Waals surface area (Å²) in [6.45, 7) is 1.80. The van der Waals surface area contributed by atoms with Crippen molar-refractivity contribution in [1.82, 2.24) is 29.1 Å². The lowest BCUT2D eigenvalue weighted by Crippen LogP contribution is -2.18. The largest absolute Gasteiger partial charge is 0.354 e. The lowest BCUT2D eigenvalue weighted by molar-refractivity contribution is 0.659. The van der Waals surface area contributed by atoms with Gasteiger partial charge in [-0.2, -0.15) is 4.98 Å². The minimum Gasteiger partial charge on any atom is -0.354 e. The first kappa shape index (κ1) is 18.5. The minimum absolute atomic E-state index is 0.259. The van der Waals surface area contributed by atoms with E-state index in [-0.39, 0.29) is 12.2 Å². The van der Waals surface area contributed by atoms with E-state index in [0.717, 1.165) is 18.5 Å². The van der Waals surface area contributed by atoms with Gasteiger partial charge >= 0.3 is 5.69 Å². The van der Waals surface area contributed by atoms with Gasteiger partial charge in [0.25, 0.3) is 0 Å². The molecule has 0 unspecified atom stereocenters. The second-order valence-electron chi connectivity index (χ2n) is 6.26. The van der Waals surface area contributed by atoms with E-state index in [1.807, 2.05) is 10.8 Å². The number of hydrogen-bond donors (Lipinski definition) is 2. The van der Waals surface area contributed by atoms with Crippen LogP contribution in [-0.2, 0) is 13.1 Å². The van der Waals surface area contributed by atoms with Crippen molar-refractivity contribution in [3.05, 3.63) is 69.2 Å². The van der Waals surface area contributed by atoms with Crippen LogP contribution in [0.3, 0.4) is 0 Å². The van der Waals surface area contributed by atoms with Gasteiger partial charge in [0.15, 0.2) is 5.65 Å². The van der Waals surface area contributed by atoms with Gasteiger partial charge in [0.2, 0.25) is 5.95 Å². The second-order valence-corrected chi connectivity index (χ2v) is 7.11. The number of nitrogens with zero attached hydrogens (tertiary/aromatic N) is 5. The molecule has 0 fully saturated rings. The molecule has 2 N–H and O–H groups in total. The number of halogens is 2. The molecule has 0 aliphatic carbocycles. The van der Waals surface area contributed by atoms with Crippen LogP contribution in [0.4, 0.5) is 5.95 Å². The fraction of sp³-hybridized carbons (Fsp3) is 0.222. The highest BCUT2D eigenvalue weighted by atomic mass is 35.5. The number of fused-ring (bicyclic) bond motifs is 1. The summed E-state index contributed by atoms with van der Waals surface area (Å²) in [5.74, 6) is 0.461. The molecule has 4 rings (SSSR count). The summed E-state index contributed by atoms with van der Waals surface area (Å²) < 4.78 is 3.52. The first-order valence-corrected chi connectivity index (χ1v) is 9.45. The van der Waals surface area contributed by atoms with Gasteiger partial charge < -0.3 is 14.9 Å². The van der Waals surface area contributed by atoms with Gasteiger partial charge in [-0.25, -0.2) is 14.8 Å². The molecule has 3 aromatic heterocycles. The fourth-order valence-electron chi connectivity index (χ4n) is 2.89. The van der Waals surface area contributed by atoms with Crippen molar-refractivity contribution in [2.24, 2.45) is 0 Å². The molecule has 0 radical (unpaired) electrons. The average Bonchev–Trinajstić information content (AvgIpc) is 3.30. The lowest BCUT2D eigenvalue weighted by atomic mass is 10.2. The lowest BCUT2D eigenvalue weighted by Gasteiger charge is -2.08. The van der Waals surface area contributed by atoms with Gasteiger partial charge in [-0.05, 0) is 30.2 Å². The van der Waals surface area contributed by atoms with E-state index in [0.29, 0.717) is 33.7 Å². The molecule has 0 atom stereocenters. The number of benzene rings is 1. The zero-order valence-electron chi connectivity index (χ0n) is 14.8. The Balaban J connectivity index is 1.52. The van der Waals surface area contributed by atoms with Crippen molar-refractivity contribution in [1.29, 1.82) is 0 Å². The van der Waals surface area contributed by atoms with E-state index >= 15 is 0 Å². The molecule has 1 aromatic carbocycles. The summed E-state index contributed by atoms with van der Waals surface area (Å²) >= 11 is 12.3. The average molecular weight is 418 g/mol. The Labute approximate surface area is 170 Å². The van der Waals surface area contributed by atoms with Gasteiger partial charge in [-0.15, -0.1) is 0 Å². The summed E-state index contributed by atoms with van der Waals surface area (Å²) in [6, 6.07) is 5.16. The zero-order valence-corrected chi connectivity index (χ0v) is 16.3. The minimum atomic E-state index is -0.280. The van der Waals surface area contributed by atoms with E-state index in [1.54, 1.807) is 36.9 Å². The number of rotatable bonds is 7. The molecule has 144 valence electrons. The molecule has 3 heterocycles. The molecule has 0 spiro atoms. The number of aryl methyl sites for hydroxylation is 1. The molecular formula is C18H17Cl2N7O. The number of aromatic amines is 1. The van der Waals surface area contributed by atoms with Crippen LogP contribution in [0.1, 0.15) is 12.0 Å². The SMILES string of the molecule is O=c1[nH]c2cnc(NCCCn3ccnc3)nc2n1Cc1cc(Cl)ccc1Cl. The third kappa shape index (κ3) is 4.02. The summed E-state index contributed by atoms with van der Waals surface area (Å²) in [7, 11) is 0. The predicted octanol–water partition coefficient (Wildman–Crippen LogP) is 3.17. The molecule has 8 nitrogen and oxygen atoms in total. The Morgan fingerprint density at radius 3 is 2.96 bits per heavy atom. The van der Waals surface area contributed by atoms with Crippen molar-refractivity contribution < 1.29 is 0 Å². The molecule has 10 heteroatoms. The number of imidazole rings is 2. The molecule has 0 saturated heterocycles. The Bertz CT molecular complexity index is 1150. The Morgan fingerprint density at radius 2 is 2.14 bits per heavy atom. The van der Waals surface area contributed by atoms with Crippen LogP contribution >= 0.6 is 23.2 Å². The van der Waals surface area contributed by atoms with Crippen molar-refractivity contribution in [2.45, 2.75) is 19.5 Å². The van der Waals surface area contributed by atoms with Crippen molar-refractivity contribution in [3.63, 3.8) is 0 Å². The monoisotopic (exact) mass is 417 g/mol. The molecule has 28 heavy (non-hydrogen) atoms. The van der Waals surface area contributed by atoms with E-state index < -0.39 is 0 Å². The highest BCUT2D eigenvalue weighted by Crippen LogP contribution is 2.22. The Kier molecular flexibility index (Phi) is 5.31. The van der Waals surface area contributed by atoms with E-state index in [2.05, 4.69) is 25.3 Å². The smallest absolute Gasteiger partial charge is 0.328 e. The van der Waals surface area contributed by atoms with Gasteiger partial charge in [-0.1, -0.05) is 23.2 Å². The van der Waals surface area contributed by atoms with Crippen LogP contribution in [0.15, 0.2) is 47.9 Å². The van der Waals surface area contributed by atoms with E-state index in [4.69, 9.17) is 23.2 Å². The highest BCUT2D eigenvalue weighted by Gasteiger charge is 2.12. The van der Waals surface area contributed by atoms with Gasteiger partial charge in [0.05, 0.1) is 19.1 Å². The topological polar surface area (TPSA) is 93.4 Å². The summed E-state index contributed by atoms with van der Waals surface area (Å²) in [5, 5.41) is 4.28. The number of H-pyrrole nitrogens is 1. The number of aromatic nitrogens is 6. The van der Waals surface area contributed by atoms with Crippen LogP contribution in [0.2, 0.25) is 10.0 Å². The normalized spacial score (nSPS) is 11.2. The quantitative estimate of drug-likeness (QED) is 0.450. The van der Waals surface area contributed by atoms with Crippen LogP contribution < -0.4 is 11.0 Å². The summed E-state index contributed by atoms with van der Waals surface area (Å²) in [5.41, 5.74) is 1.53. The first-order chi connectivity index (χ1) is 13.6. The van der Waals surface area contributed by atoms with Crippen LogP contribution in [-0.4, -0.2) is 35.6 Å². The fourth-order valence-corrected chi connectivity index (χ4v) is 3.27. The van der Waals surface area contributed by atoms with Crippen molar-refractivity contribution >= 4 is 40.3 Å². The van der Waals surface area contributed by atoms with Gasteiger partial charge in [0.1, 0.15) is 5.52 Å². The molecule has 0 amide bonds. The first-order valence-electron chi connectivity index (χ1n) is 8.69. The van der Waals surface area contributed by atoms with Crippen LogP contribution in [0.5, 0.6) is 0 Å². The van der Waals surface area contributed by atoms with Gasteiger partial charge in [0, 0.05) is 35.5 Å². The molecule has 0 bridgehead atoms. The third-order valence-electron chi connectivity index (χ3n) is 4.28. The molecule has 0 aliphatic heterocycles. The Hall–Kier alpha value is -2.84. The number of nitrogens with one attached hydrogen (secondary N) is 2.